The minimum atomic E-state index is -0.110. The quantitative estimate of drug-likeness (QED) is 0.910. The number of rotatable bonds is 4. The Morgan fingerprint density at radius 1 is 1.33 bits per heavy atom. The Kier molecular flexibility index (Phi) is 4.02. The van der Waals surface area contributed by atoms with Gasteiger partial charge in [-0.1, -0.05) is 38.8 Å². The molecule has 1 aliphatic carbocycles. The van der Waals surface area contributed by atoms with Gasteiger partial charge in [0.2, 0.25) is 5.89 Å². The molecule has 1 saturated carbocycles. The van der Waals surface area contributed by atoms with Crippen molar-refractivity contribution < 1.29 is 4.52 Å². The van der Waals surface area contributed by atoms with Gasteiger partial charge in [-0.15, -0.1) is 11.8 Å². The molecule has 1 aromatic rings. The third kappa shape index (κ3) is 3.99. The highest BCUT2D eigenvalue weighted by atomic mass is 32.2. The number of hydrogen-bond donors (Lipinski definition) is 1. The predicted molar refractivity (Wildman–Crippen MR) is 74.4 cm³/mol. The smallest absolute Gasteiger partial charge is 0.228 e. The second kappa shape index (κ2) is 5.21. The summed E-state index contributed by atoms with van der Waals surface area (Å²) in [6.45, 7) is 6.56. The van der Waals surface area contributed by atoms with Gasteiger partial charge in [-0.2, -0.15) is 4.98 Å². The Bertz CT molecular complexity index is 391. The summed E-state index contributed by atoms with van der Waals surface area (Å²) in [5.41, 5.74) is 6.20. The minimum Gasteiger partial charge on any atom is -0.339 e. The van der Waals surface area contributed by atoms with Crippen LogP contribution in [0.15, 0.2) is 4.52 Å². The second-order valence-electron chi connectivity index (χ2n) is 6.25. The van der Waals surface area contributed by atoms with E-state index in [-0.39, 0.29) is 10.3 Å². The monoisotopic (exact) mass is 269 g/mol. The number of thioether (sulfide) groups is 1. The summed E-state index contributed by atoms with van der Waals surface area (Å²) >= 11 is 1.83. The highest BCUT2D eigenvalue weighted by Gasteiger charge is 2.31. The molecule has 1 aliphatic rings. The Balaban J connectivity index is 1.90. The highest BCUT2D eigenvalue weighted by Crippen LogP contribution is 2.30. The molecule has 0 unspecified atom stereocenters. The fraction of sp³-hybridized carbons (Fsp3) is 0.846. The molecule has 0 amide bonds. The van der Waals surface area contributed by atoms with Crippen LogP contribution >= 0.6 is 11.8 Å². The molecule has 0 radical (unpaired) electrons. The van der Waals surface area contributed by atoms with Crippen LogP contribution in [0.4, 0.5) is 0 Å². The maximum atomic E-state index is 6.31. The first-order valence-electron chi connectivity index (χ1n) is 6.61. The van der Waals surface area contributed by atoms with Gasteiger partial charge in [-0.3, -0.25) is 0 Å². The Morgan fingerprint density at radius 2 is 2.00 bits per heavy atom. The summed E-state index contributed by atoms with van der Waals surface area (Å²) in [6, 6.07) is 0. The van der Waals surface area contributed by atoms with E-state index in [0.717, 1.165) is 30.8 Å². The SMILES string of the molecule is CC(C)(C)SCc1noc(CC2(N)CCCC2)n1. The third-order valence-corrected chi connectivity index (χ3v) is 4.52. The van der Waals surface area contributed by atoms with E-state index in [1.807, 2.05) is 11.8 Å². The first-order chi connectivity index (χ1) is 8.36. The third-order valence-electron chi connectivity index (χ3n) is 3.25. The Labute approximate surface area is 113 Å². The summed E-state index contributed by atoms with van der Waals surface area (Å²) in [5, 5.41) is 4.03. The van der Waals surface area contributed by atoms with Crippen molar-refractivity contribution in [3.05, 3.63) is 11.7 Å². The first-order valence-corrected chi connectivity index (χ1v) is 7.59. The zero-order valence-corrected chi connectivity index (χ0v) is 12.3. The van der Waals surface area contributed by atoms with E-state index in [1.54, 1.807) is 0 Å². The van der Waals surface area contributed by atoms with Gasteiger partial charge in [0.25, 0.3) is 0 Å². The van der Waals surface area contributed by atoms with Gasteiger partial charge >= 0.3 is 0 Å². The first kappa shape index (κ1) is 13.9. The van der Waals surface area contributed by atoms with Gasteiger partial charge in [0, 0.05) is 16.7 Å². The molecule has 0 bridgehead atoms. The minimum absolute atomic E-state index is 0.110. The molecule has 0 aromatic carbocycles. The summed E-state index contributed by atoms with van der Waals surface area (Å²) in [7, 11) is 0. The van der Waals surface area contributed by atoms with E-state index in [1.165, 1.54) is 12.8 Å². The van der Waals surface area contributed by atoms with Crippen LogP contribution < -0.4 is 5.73 Å². The van der Waals surface area contributed by atoms with Crippen molar-refractivity contribution in [2.24, 2.45) is 5.73 Å². The van der Waals surface area contributed by atoms with E-state index in [9.17, 15) is 0 Å². The lowest BCUT2D eigenvalue weighted by atomic mass is 9.95. The normalized spacial score (nSPS) is 19.3. The molecule has 5 heteroatoms. The van der Waals surface area contributed by atoms with Gasteiger partial charge in [0.05, 0.1) is 5.75 Å². The summed E-state index contributed by atoms with van der Waals surface area (Å²) in [5.74, 6) is 2.28. The maximum Gasteiger partial charge on any atom is 0.228 e. The van der Waals surface area contributed by atoms with Gasteiger partial charge in [-0.25, -0.2) is 0 Å². The maximum absolute atomic E-state index is 6.31. The lowest BCUT2D eigenvalue weighted by Gasteiger charge is -2.20. The number of nitrogens with zero attached hydrogens (tertiary/aromatic N) is 2. The summed E-state index contributed by atoms with van der Waals surface area (Å²) in [4.78, 5) is 4.44. The van der Waals surface area contributed by atoms with Crippen LogP contribution in [0.25, 0.3) is 0 Å². The fourth-order valence-electron chi connectivity index (χ4n) is 2.26. The van der Waals surface area contributed by atoms with Gasteiger partial charge in [0.1, 0.15) is 0 Å². The van der Waals surface area contributed by atoms with E-state index in [0.29, 0.717) is 5.89 Å². The van der Waals surface area contributed by atoms with Crippen molar-refractivity contribution in [1.29, 1.82) is 0 Å². The molecule has 2 N–H and O–H groups in total. The van der Waals surface area contributed by atoms with Crippen molar-refractivity contribution in [2.75, 3.05) is 0 Å². The van der Waals surface area contributed by atoms with Gasteiger partial charge in [0.15, 0.2) is 5.82 Å². The Morgan fingerprint density at radius 3 is 2.61 bits per heavy atom. The zero-order chi connectivity index (χ0) is 13.2. The lowest BCUT2D eigenvalue weighted by molar-refractivity contribution is 0.327. The van der Waals surface area contributed by atoms with Crippen molar-refractivity contribution >= 4 is 11.8 Å². The standard InChI is InChI=1S/C13H23N3OS/c1-12(2,3)18-9-10-15-11(17-16-10)8-13(14)6-4-5-7-13/h4-9,14H2,1-3H3. The predicted octanol–water partition coefficient (Wildman–Crippen LogP) is 2.92. The van der Waals surface area contributed by atoms with Crippen LogP contribution in [-0.4, -0.2) is 20.4 Å². The van der Waals surface area contributed by atoms with Crippen LogP contribution in [0, 0.1) is 0 Å². The average Bonchev–Trinajstić information content (AvgIpc) is 2.84. The molecule has 0 saturated heterocycles. The largest absolute Gasteiger partial charge is 0.339 e. The van der Waals surface area contributed by atoms with Crippen molar-refractivity contribution in [2.45, 2.75) is 68.9 Å². The number of nitrogens with two attached hydrogens (primary N) is 1. The van der Waals surface area contributed by atoms with E-state index >= 15 is 0 Å². The summed E-state index contributed by atoms with van der Waals surface area (Å²) < 4.78 is 5.53. The van der Waals surface area contributed by atoms with Crippen LogP contribution in [0.1, 0.15) is 58.2 Å². The molecule has 2 rings (SSSR count). The van der Waals surface area contributed by atoms with Crippen molar-refractivity contribution in [3.63, 3.8) is 0 Å². The molecule has 102 valence electrons. The van der Waals surface area contributed by atoms with Crippen LogP contribution in [-0.2, 0) is 12.2 Å². The zero-order valence-electron chi connectivity index (χ0n) is 11.5. The molecule has 0 spiro atoms. The lowest BCUT2D eigenvalue weighted by Crippen LogP contribution is -2.38. The van der Waals surface area contributed by atoms with Gasteiger partial charge in [-0.05, 0) is 12.8 Å². The fourth-order valence-corrected chi connectivity index (χ4v) is 2.94. The molecule has 1 heterocycles. The molecule has 0 aliphatic heterocycles. The molecular formula is C13H23N3OS. The van der Waals surface area contributed by atoms with Crippen molar-refractivity contribution in [1.82, 2.24) is 10.1 Å². The number of aromatic nitrogens is 2. The van der Waals surface area contributed by atoms with E-state index < -0.39 is 0 Å². The topological polar surface area (TPSA) is 64.9 Å². The molecule has 1 fully saturated rings. The summed E-state index contributed by atoms with van der Waals surface area (Å²) in [6.07, 6.45) is 5.30. The van der Waals surface area contributed by atoms with Crippen LogP contribution in [0.5, 0.6) is 0 Å². The molecule has 4 nitrogen and oxygen atoms in total. The Hall–Kier alpha value is -0.550. The molecular weight excluding hydrogens is 246 g/mol. The van der Waals surface area contributed by atoms with Gasteiger partial charge < -0.3 is 10.3 Å². The van der Waals surface area contributed by atoms with Crippen LogP contribution in [0.3, 0.4) is 0 Å². The van der Waals surface area contributed by atoms with Crippen molar-refractivity contribution in [3.8, 4) is 0 Å². The molecule has 0 atom stereocenters. The van der Waals surface area contributed by atoms with E-state index in [2.05, 4.69) is 30.9 Å². The average molecular weight is 269 g/mol. The second-order valence-corrected chi connectivity index (χ2v) is 8.05. The molecule has 1 aromatic heterocycles. The van der Waals surface area contributed by atoms with Crippen LogP contribution in [0.2, 0.25) is 0 Å². The molecule has 18 heavy (non-hydrogen) atoms. The van der Waals surface area contributed by atoms with E-state index in [4.69, 9.17) is 10.3 Å². The number of hydrogen-bond acceptors (Lipinski definition) is 5. The highest BCUT2D eigenvalue weighted by molar-refractivity contribution is 7.99.